The Morgan fingerprint density at radius 3 is 2.59 bits per heavy atom. The first kappa shape index (κ1) is 11.1. The smallest absolute Gasteiger partial charge is 0.169 e. The largest absolute Gasteiger partial charge is 0.481 e. The molecule has 0 saturated heterocycles. The van der Waals surface area contributed by atoms with Crippen LogP contribution in [-0.4, -0.2) is 19.0 Å². The van der Waals surface area contributed by atoms with E-state index < -0.39 is 0 Å². The van der Waals surface area contributed by atoms with E-state index in [0.717, 1.165) is 18.1 Å². The van der Waals surface area contributed by atoms with Crippen molar-refractivity contribution in [2.45, 2.75) is 37.1 Å². The fourth-order valence-electron chi connectivity index (χ4n) is 2.91. The molecule has 0 bridgehead atoms. The van der Waals surface area contributed by atoms with Crippen LogP contribution in [0.2, 0.25) is 5.02 Å². The average molecular weight is 250 g/mol. The lowest BCUT2D eigenvalue weighted by molar-refractivity contribution is 0.195. The molecule has 3 rings (SSSR count). The van der Waals surface area contributed by atoms with Crippen molar-refractivity contribution in [3.63, 3.8) is 0 Å². The topological polar surface area (TPSA) is 21.6 Å². The summed E-state index contributed by atoms with van der Waals surface area (Å²) in [6.07, 6.45) is 6.55. The first-order valence-corrected chi connectivity index (χ1v) is 6.56. The van der Waals surface area contributed by atoms with Gasteiger partial charge in [-0.2, -0.15) is 0 Å². The molecule has 1 unspecified atom stereocenters. The maximum atomic E-state index is 5.95. The molecule has 3 heteroatoms. The number of nitrogens with zero attached hydrogens (tertiary/aromatic N) is 1. The fraction of sp³-hybridized carbons (Fsp3) is 0.500. The van der Waals surface area contributed by atoms with E-state index in [9.17, 15) is 0 Å². The molecule has 2 aliphatic rings. The van der Waals surface area contributed by atoms with E-state index >= 15 is 0 Å². The van der Waals surface area contributed by atoms with Crippen molar-refractivity contribution in [3.8, 4) is 0 Å². The van der Waals surface area contributed by atoms with Gasteiger partial charge in [-0.25, -0.2) is 0 Å². The standard InChI is InChI=1S/C14H16ClNO/c15-12-4-2-11(3-5-12)14(6-1-7-14)8-13-9-17-10-16-13/h2-5,10,13H,1,6-9H2. The van der Waals surface area contributed by atoms with Crippen LogP contribution >= 0.6 is 11.6 Å². The maximum absolute atomic E-state index is 5.95. The molecule has 90 valence electrons. The minimum absolute atomic E-state index is 0.320. The van der Waals surface area contributed by atoms with E-state index in [1.54, 1.807) is 6.40 Å². The number of rotatable bonds is 3. The van der Waals surface area contributed by atoms with Crippen molar-refractivity contribution in [3.05, 3.63) is 34.9 Å². The summed E-state index contributed by atoms with van der Waals surface area (Å²) in [6, 6.07) is 8.66. The lowest BCUT2D eigenvalue weighted by atomic mass is 9.61. The van der Waals surface area contributed by atoms with Crippen molar-refractivity contribution in [2.75, 3.05) is 6.61 Å². The summed E-state index contributed by atoms with van der Waals surface area (Å²) in [6.45, 7) is 0.745. The number of ether oxygens (including phenoxy) is 1. The van der Waals surface area contributed by atoms with Crippen LogP contribution in [0.4, 0.5) is 0 Å². The molecule has 0 N–H and O–H groups in total. The van der Waals surface area contributed by atoms with Gasteiger partial charge in [-0.15, -0.1) is 0 Å². The summed E-state index contributed by atoms with van der Waals surface area (Å²) < 4.78 is 5.21. The number of aliphatic imine (C=N–C) groups is 1. The second-order valence-electron chi connectivity index (χ2n) is 5.09. The third-order valence-corrected chi connectivity index (χ3v) is 4.28. The van der Waals surface area contributed by atoms with Gasteiger partial charge in [-0.1, -0.05) is 30.2 Å². The van der Waals surface area contributed by atoms with E-state index in [4.69, 9.17) is 16.3 Å². The Hall–Kier alpha value is -1.02. The number of hydrogen-bond acceptors (Lipinski definition) is 2. The molecule has 0 spiro atoms. The second kappa shape index (κ2) is 4.34. The van der Waals surface area contributed by atoms with Gasteiger partial charge in [0.05, 0.1) is 6.04 Å². The fourth-order valence-corrected chi connectivity index (χ4v) is 3.03. The van der Waals surface area contributed by atoms with Gasteiger partial charge < -0.3 is 4.74 Å². The van der Waals surface area contributed by atoms with E-state index in [-0.39, 0.29) is 0 Å². The lowest BCUT2D eigenvalue weighted by Gasteiger charge is -2.43. The van der Waals surface area contributed by atoms with Crippen LogP contribution in [0.5, 0.6) is 0 Å². The summed E-state index contributed by atoms with van der Waals surface area (Å²) in [5.41, 5.74) is 1.73. The monoisotopic (exact) mass is 249 g/mol. The van der Waals surface area contributed by atoms with Crippen LogP contribution in [0, 0.1) is 0 Å². The highest BCUT2D eigenvalue weighted by atomic mass is 35.5. The Morgan fingerprint density at radius 1 is 1.29 bits per heavy atom. The van der Waals surface area contributed by atoms with Crippen LogP contribution in [0.25, 0.3) is 0 Å². The quantitative estimate of drug-likeness (QED) is 0.802. The van der Waals surface area contributed by atoms with E-state index in [0.29, 0.717) is 11.5 Å². The van der Waals surface area contributed by atoms with Crippen molar-refractivity contribution >= 4 is 18.0 Å². The molecule has 2 nitrogen and oxygen atoms in total. The summed E-state index contributed by atoms with van der Waals surface area (Å²) in [4.78, 5) is 4.37. The van der Waals surface area contributed by atoms with Crippen LogP contribution in [-0.2, 0) is 10.2 Å². The van der Waals surface area contributed by atoms with Crippen molar-refractivity contribution in [2.24, 2.45) is 4.99 Å². The van der Waals surface area contributed by atoms with Gasteiger partial charge in [0.1, 0.15) is 6.61 Å². The van der Waals surface area contributed by atoms with E-state index in [2.05, 4.69) is 17.1 Å². The summed E-state index contributed by atoms with van der Waals surface area (Å²) in [7, 11) is 0. The number of benzene rings is 1. The Balaban J connectivity index is 1.81. The van der Waals surface area contributed by atoms with Gasteiger partial charge in [0, 0.05) is 5.02 Å². The Bertz CT molecular complexity index is 422. The molecule has 1 atom stereocenters. The van der Waals surface area contributed by atoms with Gasteiger partial charge in [-0.3, -0.25) is 4.99 Å². The van der Waals surface area contributed by atoms with E-state index in [1.165, 1.54) is 24.8 Å². The molecule has 0 aromatic heterocycles. The highest BCUT2D eigenvalue weighted by molar-refractivity contribution is 6.30. The Morgan fingerprint density at radius 2 is 2.06 bits per heavy atom. The van der Waals surface area contributed by atoms with Gasteiger partial charge in [0.25, 0.3) is 0 Å². The number of halogens is 1. The zero-order chi connectivity index (χ0) is 11.7. The molecule has 1 saturated carbocycles. The van der Waals surface area contributed by atoms with Crippen LogP contribution in [0.15, 0.2) is 29.3 Å². The molecule has 1 aromatic rings. The summed E-state index contributed by atoms with van der Waals surface area (Å²) >= 11 is 5.95. The zero-order valence-corrected chi connectivity index (χ0v) is 10.5. The molecule has 1 heterocycles. The van der Waals surface area contributed by atoms with Gasteiger partial charge >= 0.3 is 0 Å². The van der Waals surface area contributed by atoms with Crippen molar-refractivity contribution in [1.29, 1.82) is 0 Å². The molecule has 1 aliphatic carbocycles. The second-order valence-corrected chi connectivity index (χ2v) is 5.52. The average Bonchev–Trinajstić information content (AvgIpc) is 2.77. The normalized spacial score (nSPS) is 25.4. The molecule has 1 aromatic carbocycles. The summed E-state index contributed by atoms with van der Waals surface area (Å²) in [5.74, 6) is 0. The Kier molecular flexibility index (Phi) is 2.83. The molecule has 17 heavy (non-hydrogen) atoms. The van der Waals surface area contributed by atoms with Gasteiger partial charge in [-0.05, 0) is 42.4 Å². The summed E-state index contributed by atoms with van der Waals surface area (Å²) in [5, 5.41) is 0.811. The van der Waals surface area contributed by atoms with Crippen LogP contribution in [0.1, 0.15) is 31.2 Å². The Labute approximate surface area is 107 Å². The molecule has 1 aliphatic heterocycles. The number of hydrogen-bond donors (Lipinski definition) is 0. The zero-order valence-electron chi connectivity index (χ0n) is 9.73. The predicted molar refractivity (Wildman–Crippen MR) is 69.8 cm³/mol. The third kappa shape index (κ3) is 2.06. The van der Waals surface area contributed by atoms with Gasteiger partial charge in [0.2, 0.25) is 0 Å². The van der Waals surface area contributed by atoms with Gasteiger partial charge in [0.15, 0.2) is 6.40 Å². The highest BCUT2D eigenvalue weighted by Crippen LogP contribution is 2.47. The minimum atomic E-state index is 0.320. The van der Waals surface area contributed by atoms with Crippen LogP contribution < -0.4 is 0 Å². The maximum Gasteiger partial charge on any atom is 0.169 e. The third-order valence-electron chi connectivity index (χ3n) is 4.03. The predicted octanol–water partition coefficient (Wildman–Crippen LogP) is 3.58. The lowest BCUT2D eigenvalue weighted by Crippen LogP contribution is -2.37. The molecular formula is C14H16ClNO. The van der Waals surface area contributed by atoms with Crippen molar-refractivity contribution < 1.29 is 4.74 Å². The van der Waals surface area contributed by atoms with E-state index in [1.807, 2.05) is 12.1 Å². The molecular weight excluding hydrogens is 234 g/mol. The molecule has 1 fully saturated rings. The first-order valence-electron chi connectivity index (χ1n) is 6.18. The highest BCUT2D eigenvalue weighted by Gasteiger charge is 2.40. The first-order chi connectivity index (χ1) is 8.28. The molecule has 0 radical (unpaired) electrons. The van der Waals surface area contributed by atoms with Crippen molar-refractivity contribution in [1.82, 2.24) is 0 Å². The molecule has 0 amide bonds. The minimum Gasteiger partial charge on any atom is -0.481 e. The van der Waals surface area contributed by atoms with Crippen LogP contribution in [0.3, 0.4) is 0 Å². The SMILES string of the molecule is Clc1ccc(C2(CC3COC=N3)CCC2)cc1.